The number of hydrogen-bond acceptors (Lipinski definition) is 4. The minimum absolute atomic E-state index is 0.0375. The molecule has 2 amide bonds. The Balaban J connectivity index is 1.80. The first-order chi connectivity index (χ1) is 15.4. The van der Waals surface area contributed by atoms with Crippen LogP contribution in [0.1, 0.15) is 31.9 Å². The van der Waals surface area contributed by atoms with Crippen LogP contribution in [0.4, 0.5) is 23.7 Å². The van der Waals surface area contributed by atoms with Crippen molar-refractivity contribution < 1.29 is 27.5 Å². The van der Waals surface area contributed by atoms with Crippen LogP contribution in [0, 0.1) is 0 Å². The Hall–Kier alpha value is -3.62. The highest BCUT2D eigenvalue weighted by molar-refractivity contribution is 5.98. The van der Waals surface area contributed by atoms with E-state index in [1.165, 1.54) is 18.3 Å². The second kappa shape index (κ2) is 9.48. The zero-order chi connectivity index (χ0) is 24.2. The number of alkyl halides is 3. The number of halogens is 3. The quantitative estimate of drug-likeness (QED) is 0.541. The number of nitrogens with one attached hydrogen (secondary N) is 2. The SMILES string of the molecule is CC(C)(C)OC(=O)NC(Cc1ccc(C(F)(F)F)cc1)C(=O)Nc1cnc2ccccc2c1. The highest BCUT2D eigenvalue weighted by atomic mass is 19.4. The summed E-state index contributed by atoms with van der Waals surface area (Å²) in [5.41, 5.74) is 0.0260. The van der Waals surface area contributed by atoms with Gasteiger partial charge in [-0.15, -0.1) is 0 Å². The number of hydrogen-bond donors (Lipinski definition) is 2. The molecule has 9 heteroatoms. The fourth-order valence-electron chi connectivity index (χ4n) is 3.09. The molecule has 174 valence electrons. The van der Waals surface area contributed by atoms with Crippen molar-refractivity contribution >= 4 is 28.6 Å². The summed E-state index contributed by atoms with van der Waals surface area (Å²) in [6, 6.07) is 12.4. The van der Waals surface area contributed by atoms with E-state index in [2.05, 4.69) is 15.6 Å². The first-order valence-electron chi connectivity index (χ1n) is 10.2. The van der Waals surface area contributed by atoms with Crippen LogP contribution < -0.4 is 10.6 Å². The number of anilines is 1. The zero-order valence-corrected chi connectivity index (χ0v) is 18.4. The Morgan fingerprint density at radius 2 is 1.70 bits per heavy atom. The summed E-state index contributed by atoms with van der Waals surface area (Å²) in [5.74, 6) is -0.558. The molecule has 0 radical (unpaired) electrons. The number of aromatic nitrogens is 1. The van der Waals surface area contributed by atoms with Crippen molar-refractivity contribution in [3.05, 3.63) is 71.9 Å². The number of benzene rings is 2. The summed E-state index contributed by atoms with van der Waals surface area (Å²) >= 11 is 0. The lowest BCUT2D eigenvalue weighted by molar-refractivity contribution is -0.137. The van der Waals surface area contributed by atoms with Gasteiger partial charge in [-0.05, 0) is 50.6 Å². The second-order valence-electron chi connectivity index (χ2n) is 8.50. The van der Waals surface area contributed by atoms with E-state index in [1.54, 1.807) is 26.8 Å². The molecule has 0 saturated heterocycles. The number of pyridine rings is 1. The van der Waals surface area contributed by atoms with Crippen molar-refractivity contribution in [3.8, 4) is 0 Å². The molecule has 0 aliphatic heterocycles. The van der Waals surface area contributed by atoms with Gasteiger partial charge >= 0.3 is 12.3 Å². The van der Waals surface area contributed by atoms with Crippen molar-refractivity contribution in [1.29, 1.82) is 0 Å². The van der Waals surface area contributed by atoms with Crippen LogP contribution >= 0.6 is 0 Å². The Labute approximate surface area is 189 Å². The highest BCUT2D eigenvalue weighted by Gasteiger charge is 2.30. The second-order valence-corrected chi connectivity index (χ2v) is 8.50. The highest BCUT2D eigenvalue weighted by Crippen LogP contribution is 2.29. The van der Waals surface area contributed by atoms with E-state index in [4.69, 9.17) is 4.74 Å². The molecule has 0 spiro atoms. The van der Waals surface area contributed by atoms with Crippen LogP contribution in [0.15, 0.2) is 60.8 Å². The van der Waals surface area contributed by atoms with Gasteiger partial charge in [-0.2, -0.15) is 13.2 Å². The van der Waals surface area contributed by atoms with E-state index >= 15 is 0 Å². The molecule has 1 atom stereocenters. The van der Waals surface area contributed by atoms with Crippen molar-refractivity contribution in [3.63, 3.8) is 0 Å². The molecule has 33 heavy (non-hydrogen) atoms. The number of fused-ring (bicyclic) bond motifs is 1. The van der Waals surface area contributed by atoms with Gasteiger partial charge in [-0.3, -0.25) is 9.78 Å². The van der Waals surface area contributed by atoms with E-state index in [1.807, 2.05) is 24.3 Å². The van der Waals surface area contributed by atoms with Crippen molar-refractivity contribution in [2.24, 2.45) is 0 Å². The molecule has 1 heterocycles. The molecular weight excluding hydrogens is 435 g/mol. The number of ether oxygens (including phenoxy) is 1. The number of para-hydroxylation sites is 1. The minimum atomic E-state index is -4.47. The molecule has 2 N–H and O–H groups in total. The van der Waals surface area contributed by atoms with E-state index in [0.717, 1.165) is 23.0 Å². The Morgan fingerprint density at radius 1 is 1.03 bits per heavy atom. The molecule has 0 saturated carbocycles. The number of rotatable bonds is 5. The van der Waals surface area contributed by atoms with Gasteiger partial charge in [-0.25, -0.2) is 4.79 Å². The van der Waals surface area contributed by atoms with Gasteiger partial charge in [0.2, 0.25) is 5.91 Å². The molecule has 2 aromatic carbocycles. The molecular formula is C24H24F3N3O3. The molecule has 6 nitrogen and oxygen atoms in total. The topological polar surface area (TPSA) is 80.3 Å². The van der Waals surface area contributed by atoms with Crippen molar-refractivity contribution in [2.75, 3.05) is 5.32 Å². The van der Waals surface area contributed by atoms with E-state index in [-0.39, 0.29) is 6.42 Å². The third-order valence-electron chi connectivity index (χ3n) is 4.59. The average molecular weight is 459 g/mol. The van der Waals surface area contributed by atoms with Gasteiger partial charge in [-0.1, -0.05) is 30.3 Å². The lowest BCUT2D eigenvalue weighted by atomic mass is 10.0. The predicted octanol–water partition coefficient (Wildman–Crippen LogP) is 5.33. The summed E-state index contributed by atoms with van der Waals surface area (Å²) in [6.45, 7) is 5.04. The monoisotopic (exact) mass is 459 g/mol. The first kappa shape index (κ1) is 24.0. The summed E-state index contributed by atoms with van der Waals surface area (Å²) < 4.78 is 43.8. The van der Waals surface area contributed by atoms with E-state index < -0.39 is 35.4 Å². The van der Waals surface area contributed by atoms with E-state index in [0.29, 0.717) is 11.3 Å². The average Bonchev–Trinajstić information content (AvgIpc) is 2.71. The maximum atomic E-state index is 13.0. The first-order valence-corrected chi connectivity index (χ1v) is 10.2. The molecule has 0 aliphatic carbocycles. The van der Waals surface area contributed by atoms with Gasteiger partial charge in [0.15, 0.2) is 0 Å². The Kier molecular flexibility index (Phi) is 6.90. The summed E-state index contributed by atoms with van der Waals surface area (Å²) in [4.78, 5) is 29.6. The van der Waals surface area contributed by atoms with Crippen LogP contribution in [-0.4, -0.2) is 28.6 Å². The van der Waals surface area contributed by atoms with Crippen molar-refractivity contribution in [1.82, 2.24) is 10.3 Å². The van der Waals surface area contributed by atoms with Crippen molar-refractivity contribution in [2.45, 2.75) is 45.0 Å². The smallest absolute Gasteiger partial charge is 0.416 e. The van der Waals surface area contributed by atoms with Gasteiger partial charge in [0.25, 0.3) is 0 Å². The maximum Gasteiger partial charge on any atom is 0.416 e. The third kappa shape index (κ3) is 6.93. The third-order valence-corrected chi connectivity index (χ3v) is 4.59. The van der Waals surface area contributed by atoms with E-state index in [9.17, 15) is 22.8 Å². The van der Waals surface area contributed by atoms with Gasteiger partial charge in [0.1, 0.15) is 11.6 Å². The zero-order valence-electron chi connectivity index (χ0n) is 18.4. The van der Waals surface area contributed by atoms with Crippen LogP contribution in [0.3, 0.4) is 0 Å². The van der Waals surface area contributed by atoms with Crippen LogP contribution in [0.2, 0.25) is 0 Å². The Bertz CT molecular complexity index is 1140. The molecule has 0 bridgehead atoms. The maximum absolute atomic E-state index is 13.0. The number of carbonyl (C=O) groups is 2. The molecule has 1 aromatic heterocycles. The minimum Gasteiger partial charge on any atom is -0.444 e. The fraction of sp³-hybridized carbons (Fsp3) is 0.292. The summed E-state index contributed by atoms with van der Waals surface area (Å²) in [6.07, 6.45) is -3.83. The Morgan fingerprint density at radius 3 is 2.33 bits per heavy atom. The van der Waals surface area contributed by atoms with Crippen LogP contribution in [0.25, 0.3) is 10.9 Å². The molecule has 0 aliphatic rings. The van der Waals surface area contributed by atoms with Crippen LogP contribution in [0.5, 0.6) is 0 Å². The van der Waals surface area contributed by atoms with Crippen LogP contribution in [-0.2, 0) is 22.1 Å². The predicted molar refractivity (Wildman–Crippen MR) is 119 cm³/mol. The molecule has 3 rings (SSSR count). The molecule has 0 fully saturated rings. The fourth-order valence-corrected chi connectivity index (χ4v) is 3.09. The summed E-state index contributed by atoms with van der Waals surface area (Å²) in [5, 5.41) is 6.03. The largest absolute Gasteiger partial charge is 0.444 e. The lowest BCUT2D eigenvalue weighted by Crippen LogP contribution is -2.47. The molecule has 3 aromatic rings. The lowest BCUT2D eigenvalue weighted by Gasteiger charge is -2.23. The van der Waals surface area contributed by atoms with Gasteiger partial charge in [0.05, 0.1) is 23.0 Å². The number of carbonyl (C=O) groups excluding carboxylic acids is 2. The number of amides is 2. The standard InChI is InChI=1S/C24H24F3N3O3/c1-23(2,3)33-22(32)30-20(12-15-8-10-17(11-9-15)24(25,26)27)21(31)29-18-13-16-6-4-5-7-19(16)28-14-18/h4-11,13-14,20H,12H2,1-3H3,(H,29,31)(H,30,32). The molecule has 1 unspecified atom stereocenters. The van der Waals surface area contributed by atoms with Gasteiger partial charge in [0, 0.05) is 11.8 Å². The van der Waals surface area contributed by atoms with Gasteiger partial charge < -0.3 is 15.4 Å². The number of alkyl carbamates (subject to hydrolysis) is 1. The number of nitrogens with zero attached hydrogens (tertiary/aromatic N) is 1. The normalized spacial score (nSPS) is 12.8. The summed E-state index contributed by atoms with van der Waals surface area (Å²) in [7, 11) is 0.